The molecule has 0 saturated carbocycles. The Balaban J connectivity index is 1.80. The van der Waals surface area contributed by atoms with Gasteiger partial charge in [-0.05, 0) is 60.7 Å². The highest BCUT2D eigenvalue weighted by Gasteiger charge is 2.42. The molecule has 1 aromatic heterocycles. The first-order valence-electron chi connectivity index (χ1n) is 8.29. The third-order valence-electron chi connectivity index (χ3n) is 4.42. The van der Waals surface area contributed by atoms with Gasteiger partial charge in [-0.2, -0.15) is 0 Å². The third-order valence-corrected chi connectivity index (χ3v) is 5.60. The van der Waals surface area contributed by atoms with Crippen LogP contribution >= 0.6 is 11.6 Å². The fourth-order valence-electron chi connectivity index (χ4n) is 3.05. The second kappa shape index (κ2) is 6.75. The Kier molecular flexibility index (Phi) is 4.51. The summed E-state index contributed by atoms with van der Waals surface area (Å²) in [6.45, 7) is 0.119. The number of benzene rings is 2. The van der Waals surface area contributed by atoms with Crippen molar-refractivity contribution in [1.29, 1.82) is 0 Å². The molecule has 0 spiro atoms. The highest BCUT2D eigenvalue weighted by atomic mass is 35.5. The number of amidine groups is 1. The van der Waals surface area contributed by atoms with Gasteiger partial charge in [0.1, 0.15) is 5.84 Å². The summed E-state index contributed by atoms with van der Waals surface area (Å²) in [7, 11) is -3.80. The van der Waals surface area contributed by atoms with Gasteiger partial charge in [0.2, 0.25) is 15.7 Å². The molecule has 0 fully saturated rings. The summed E-state index contributed by atoms with van der Waals surface area (Å²) in [6.07, 6.45) is 1.47. The van der Waals surface area contributed by atoms with Crippen molar-refractivity contribution in [3.05, 3.63) is 83.3 Å². The van der Waals surface area contributed by atoms with E-state index in [1.165, 1.54) is 18.4 Å². The van der Waals surface area contributed by atoms with E-state index in [1.807, 2.05) is 17.0 Å². The third kappa shape index (κ3) is 3.43. The first kappa shape index (κ1) is 18.7. The van der Waals surface area contributed by atoms with E-state index in [2.05, 4.69) is 4.99 Å². The standard InChI is InChI=1S/C19H16ClN3O4S/c20-14-5-7-15(8-6-14)23-12-19(24,17-2-1-11-27-17)22-18(23)13-3-9-16(10-4-13)28(21,25)26/h1-11,24H,12H2,(H2,21,25,26). The molecule has 1 atom stereocenters. The average molecular weight is 418 g/mol. The predicted octanol–water partition coefficient (Wildman–Crippen LogP) is 2.69. The summed E-state index contributed by atoms with van der Waals surface area (Å²) >= 11 is 5.99. The maximum atomic E-state index is 11.5. The van der Waals surface area contributed by atoms with Crippen LogP contribution in [0, 0.1) is 0 Å². The molecule has 1 aliphatic heterocycles. The second-order valence-electron chi connectivity index (χ2n) is 6.36. The van der Waals surface area contributed by atoms with Crippen molar-refractivity contribution in [2.45, 2.75) is 10.6 Å². The minimum Gasteiger partial charge on any atom is -0.464 e. The van der Waals surface area contributed by atoms with Crippen LogP contribution in [0.2, 0.25) is 5.02 Å². The van der Waals surface area contributed by atoms with Crippen LogP contribution in [0.5, 0.6) is 0 Å². The fraction of sp³-hybridized carbons (Fsp3) is 0.105. The zero-order chi connectivity index (χ0) is 19.9. The predicted molar refractivity (Wildman–Crippen MR) is 106 cm³/mol. The summed E-state index contributed by atoms with van der Waals surface area (Å²) in [5.74, 6) is 0.768. The van der Waals surface area contributed by atoms with Crippen molar-refractivity contribution in [2.24, 2.45) is 10.1 Å². The molecule has 7 nitrogen and oxygen atoms in total. The van der Waals surface area contributed by atoms with E-state index < -0.39 is 15.7 Å². The number of sulfonamides is 1. The number of halogens is 1. The molecule has 1 aliphatic rings. The molecule has 3 aromatic rings. The Hall–Kier alpha value is -2.65. The molecule has 0 saturated heterocycles. The van der Waals surface area contributed by atoms with E-state index >= 15 is 0 Å². The SMILES string of the molecule is NS(=O)(=O)c1ccc(C2=NC(O)(c3ccco3)CN2c2ccc(Cl)cc2)cc1. The Bertz CT molecular complexity index is 1130. The van der Waals surface area contributed by atoms with Crippen molar-refractivity contribution in [3.63, 3.8) is 0 Å². The van der Waals surface area contributed by atoms with E-state index in [0.29, 0.717) is 22.2 Å². The molecule has 144 valence electrons. The van der Waals surface area contributed by atoms with Crippen LogP contribution in [-0.2, 0) is 15.7 Å². The summed E-state index contributed by atoms with van der Waals surface area (Å²) in [4.78, 5) is 6.30. The molecule has 0 amide bonds. The largest absolute Gasteiger partial charge is 0.464 e. The van der Waals surface area contributed by atoms with Gasteiger partial charge in [0, 0.05) is 16.3 Å². The van der Waals surface area contributed by atoms with Gasteiger partial charge in [-0.1, -0.05) is 11.6 Å². The molecule has 0 radical (unpaired) electrons. The van der Waals surface area contributed by atoms with Crippen LogP contribution in [-0.4, -0.2) is 25.9 Å². The lowest BCUT2D eigenvalue weighted by Crippen LogP contribution is -2.34. The lowest BCUT2D eigenvalue weighted by molar-refractivity contribution is 0.0412. The molecule has 0 bridgehead atoms. The van der Waals surface area contributed by atoms with E-state index in [0.717, 1.165) is 5.69 Å². The average Bonchev–Trinajstić information content (AvgIpc) is 3.31. The first-order valence-corrected chi connectivity index (χ1v) is 10.2. The molecule has 3 N–H and O–H groups in total. The Morgan fingerprint density at radius 3 is 2.36 bits per heavy atom. The van der Waals surface area contributed by atoms with Gasteiger partial charge < -0.3 is 14.4 Å². The zero-order valence-electron chi connectivity index (χ0n) is 14.5. The highest BCUT2D eigenvalue weighted by Crippen LogP contribution is 2.35. The number of nitrogens with two attached hydrogens (primary N) is 1. The van der Waals surface area contributed by atoms with Crippen molar-refractivity contribution < 1.29 is 17.9 Å². The van der Waals surface area contributed by atoms with Gasteiger partial charge >= 0.3 is 0 Å². The normalized spacial score (nSPS) is 19.7. The van der Waals surface area contributed by atoms with Crippen LogP contribution in [0.1, 0.15) is 11.3 Å². The van der Waals surface area contributed by atoms with E-state index in [-0.39, 0.29) is 11.4 Å². The smallest absolute Gasteiger partial charge is 0.238 e. The summed E-state index contributed by atoms with van der Waals surface area (Å²) < 4.78 is 28.4. The molecule has 4 rings (SSSR count). The van der Waals surface area contributed by atoms with Gasteiger partial charge in [0.05, 0.1) is 17.7 Å². The number of nitrogens with zero attached hydrogens (tertiary/aromatic N) is 2. The Labute approximate surface area is 166 Å². The van der Waals surface area contributed by atoms with Gasteiger partial charge in [-0.15, -0.1) is 0 Å². The minimum absolute atomic E-state index is 0.00538. The summed E-state index contributed by atoms with van der Waals surface area (Å²) in [5.41, 5.74) is -0.206. The van der Waals surface area contributed by atoms with Crippen LogP contribution in [0.4, 0.5) is 5.69 Å². The molecule has 1 unspecified atom stereocenters. The van der Waals surface area contributed by atoms with Crippen molar-refractivity contribution in [2.75, 3.05) is 11.4 Å². The number of β-amino-alcohol motifs (C(OH)–C–C–N with tert-alkyl or cyclic N) is 1. The first-order chi connectivity index (χ1) is 13.3. The van der Waals surface area contributed by atoms with Gasteiger partial charge in [-0.3, -0.25) is 0 Å². The number of primary sulfonamides is 1. The maximum Gasteiger partial charge on any atom is 0.238 e. The van der Waals surface area contributed by atoms with Crippen LogP contribution in [0.25, 0.3) is 0 Å². The summed E-state index contributed by atoms with van der Waals surface area (Å²) in [6, 6.07) is 16.4. The second-order valence-corrected chi connectivity index (χ2v) is 8.36. The number of hydrogen-bond acceptors (Lipinski definition) is 6. The van der Waals surface area contributed by atoms with E-state index in [9.17, 15) is 13.5 Å². The molecule has 0 aliphatic carbocycles. The topological polar surface area (TPSA) is 109 Å². The summed E-state index contributed by atoms with van der Waals surface area (Å²) in [5, 5.41) is 16.8. The number of aliphatic hydroxyl groups is 1. The quantitative estimate of drug-likeness (QED) is 0.678. The fourth-order valence-corrected chi connectivity index (χ4v) is 3.70. The van der Waals surface area contributed by atoms with Crippen molar-refractivity contribution in [3.8, 4) is 0 Å². The van der Waals surface area contributed by atoms with Gasteiger partial charge in [-0.25, -0.2) is 18.5 Å². The molecular formula is C19H16ClN3O4S. The molecule has 2 heterocycles. The lowest BCUT2D eigenvalue weighted by Gasteiger charge is -2.23. The number of rotatable bonds is 4. The number of hydrogen-bond donors (Lipinski definition) is 2. The van der Waals surface area contributed by atoms with E-state index in [4.69, 9.17) is 21.2 Å². The Morgan fingerprint density at radius 1 is 1.11 bits per heavy atom. The van der Waals surface area contributed by atoms with Crippen LogP contribution in [0.15, 0.2) is 81.2 Å². The molecular weight excluding hydrogens is 402 g/mol. The molecule has 2 aromatic carbocycles. The zero-order valence-corrected chi connectivity index (χ0v) is 16.1. The van der Waals surface area contributed by atoms with Gasteiger partial charge in [0.25, 0.3) is 0 Å². The van der Waals surface area contributed by atoms with E-state index in [1.54, 1.807) is 36.4 Å². The van der Waals surface area contributed by atoms with Crippen LogP contribution in [0.3, 0.4) is 0 Å². The number of aliphatic imine (C=N–C) groups is 1. The number of anilines is 1. The molecule has 28 heavy (non-hydrogen) atoms. The Morgan fingerprint density at radius 2 is 1.79 bits per heavy atom. The van der Waals surface area contributed by atoms with Gasteiger partial charge in [0.15, 0.2) is 5.76 Å². The maximum absolute atomic E-state index is 11.5. The van der Waals surface area contributed by atoms with Crippen molar-refractivity contribution in [1.82, 2.24) is 0 Å². The monoisotopic (exact) mass is 417 g/mol. The minimum atomic E-state index is -3.80. The molecule has 9 heteroatoms. The lowest BCUT2D eigenvalue weighted by atomic mass is 10.1. The number of furan rings is 1. The van der Waals surface area contributed by atoms with Crippen LogP contribution < -0.4 is 10.0 Å². The van der Waals surface area contributed by atoms with Crippen molar-refractivity contribution >= 4 is 33.1 Å². The highest BCUT2D eigenvalue weighted by molar-refractivity contribution is 7.89.